The standard InChI is InChI=1S/C27H18FNO5/c28-18-7-5-16(6-8-18)13-29-14-22-24(32-15-29)10-9-19-20(12-25(30)34-26(19)22)21-11-17-3-1-2-4-23(17)33-27(21)31/h1-12H,13-15H2. The highest BCUT2D eigenvalue weighted by Crippen LogP contribution is 2.36. The van der Waals surface area contributed by atoms with Crippen LogP contribution in [-0.2, 0) is 13.1 Å². The number of ether oxygens (including phenoxy) is 1. The van der Waals surface area contributed by atoms with Crippen LogP contribution in [0.25, 0.3) is 33.1 Å². The Hall–Kier alpha value is -4.23. The molecule has 1 aliphatic heterocycles. The summed E-state index contributed by atoms with van der Waals surface area (Å²) in [6.07, 6.45) is 0. The lowest BCUT2D eigenvalue weighted by molar-refractivity contribution is 0.0889. The molecule has 168 valence electrons. The van der Waals surface area contributed by atoms with Crippen LogP contribution >= 0.6 is 0 Å². The van der Waals surface area contributed by atoms with Gasteiger partial charge in [-0.05, 0) is 42.0 Å². The molecule has 0 aliphatic carbocycles. The molecule has 0 bridgehead atoms. The number of nitrogens with zero attached hydrogens (tertiary/aromatic N) is 1. The zero-order valence-electron chi connectivity index (χ0n) is 17.9. The predicted molar refractivity (Wildman–Crippen MR) is 125 cm³/mol. The Morgan fingerprint density at radius 1 is 0.882 bits per heavy atom. The lowest BCUT2D eigenvalue weighted by Crippen LogP contribution is -2.31. The van der Waals surface area contributed by atoms with Crippen molar-refractivity contribution >= 4 is 21.9 Å². The fourth-order valence-electron chi connectivity index (χ4n) is 4.40. The predicted octanol–water partition coefficient (Wildman–Crippen LogP) is 5.06. The van der Waals surface area contributed by atoms with Crippen molar-refractivity contribution in [2.75, 3.05) is 6.73 Å². The molecule has 6 rings (SSSR count). The zero-order valence-corrected chi connectivity index (χ0v) is 17.9. The number of benzene rings is 3. The van der Waals surface area contributed by atoms with Gasteiger partial charge in [-0.3, -0.25) is 4.90 Å². The SMILES string of the molecule is O=c1cc(-c2cc3ccccc3oc2=O)c2ccc3c(c2o1)CN(Cc1ccc(F)cc1)CO3. The van der Waals surface area contributed by atoms with E-state index in [1.165, 1.54) is 18.2 Å². The van der Waals surface area contributed by atoms with E-state index < -0.39 is 11.3 Å². The van der Waals surface area contributed by atoms with Gasteiger partial charge < -0.3 is 13.6 Å². The zero-order chi connectivity index (χ0) is 23.2. The molecular formula is C27H18FNO5. The molecule has 5 aromatic rings. The van der Waals surface area contributed by atoms with Gasteiger partial charge in [0.15, 0.2) is 0 Å². The van der Waals surface area contributed by atoms with Gasteiger partial charge in [0.2, 0.25) is 0 Å². The van der Waals surface area contributed by atoms with Crippen molar-refractivity contribution in [3.63, 3.8) is 0 Å². The molecule has 6 nitrogen and oxygen atoms in total. The van der Waals surface area contributed by atoms with Gasteiger partial charge in [-0.2, -0.15) is 0 Å². The molecule has 0 saturated heterocycles. The third kappa shape index (κ3) is 3.56. The van der Waals surface area contributed by atoms with Gasteiger partial charge in [0, 0.05) is 35.5 Å². The summed E-state index contributed by atoms with van der Waals surface area (Å²) in [6.45, 7) is 1.34. The molecule has 34 heavy (non-hydrogen) atoms. The number of fused-ring (bicyclic) bond motifs is 4. The molecule has 0 atom stereocenters. The first-order valence-corrected chi connectivity index (χ1v) is 10.8. The third-order valence-electron chi connectivity index (χ3n) is 6.01. The highest BCUT2D eigenvalue weighted by molar-refractivity contribution is 5.97. The van der Waals surface area contributed by atoms with Crippen molar-refractivity contribution in [1.82, 2.24) is 4.90 Å². The summed E-state index contributed by atoms with van der Waals surface area (Å²) >= 11 is 0. The highest BCUT2D eigenvalue weighted by atomic mass is 19.1. The Balaban J connectivity index is 1.46. The van der Waals surface area contributed by atoms with E-state index in [2.05, 4.69) is 0 Å². The first-order valence-electron chi connectivity index (χ1n) is 10.8. The fourth-order valence-corrected chi connectivity index (χ4v) is 4.40. The quantitative estimate of drug-likeness (QED) is 0.354. The second-order valence-corrected chi connectivity index (χ2v) is 8.27. The van der Waals surface area contributed by atoms with Gasteiger partial charge in [0.05, 0.1) is 11.1 Å². The van der Waals surface area contributed by atoms with Crippen molar-refractivity contribution in [2.45, 2.75) is 13.1 Å². The first-order chi connectivity index (χ1) is 16.5. The number of halogens is 1. The van der Waals surface area contributed by atoms with Gasteiger partial charge in [-0.25, -0.2) is 14.0 Å². The number of para-hydroxylation sites is 1. The van der Waals surface area contributed by atoms with Gasteiger partial charge >= 0.3 is 11.3 Å². The molecule has 2 aromatic heterocycles. The van der Waals surface area contributed by atoms with Crippen molar-refractivity contribution in [3.8, 4) is 16.9 Å². The minimum atomic E-state index is -0.570. The van der Waals surface area contributed by atoms with E-state index in [9.17, 15) is 14.0 Å². The van der Waals surface area contributed by atoms with Crippen molar-refractivity contribution in [2.24, 2.45) is 0 Å². The average molecular weight is 455 g/mol. The van der Waals surface area contributed by atoms with Crippen LogP contribution < -0.4 is 16.0 Å². The van der Waals surface area contributed by atoms with Gasteiger partial charge in [0.1, 0.15) is 29.5 Å². The Morgan fingerprint density at radius 2 is 1.71 bits per heavy atom. The molecule has 0 saturated carbocycles. The maximum Gasteiger partial charge on any atom is 0.344 e. The van der Waals surface area contributed by atoms with Crippen LogP contribution in [-0.4, -0.2) is 11.6 Å². The van der Waals surface area contributed by atoms with Crippen LogP contribution in [0, 0.1) is 5.82 Å². The molecule has 0 fully saturated rings. The van der Waals surface area contributed by atoms with Crippen molar-refractivity contribution in [1.29, 1.82) is 0 Å². The Labute approximate surface area is 192 Å². The van der Waals surface area contributed by atoms with Crippen molar-refractivity contribution < 1.29 is 18.0 Å². The molecule has 0 N–H and O–H groups in total. The molecule has 0 amide bonds. The molecule has 0 spiro atoms. The summed E-state index contributed by atoms with van der Waals surface area (Å²) in [7, 11) is 0. The van der Waals surface area contributed by atoms with Crippen LogP contribution in [0.4, 0.5) is 4.39 Å². The number of rotatable bonds is 3. The van der Waals surface area contributed by atoms with Crippen LogP contribution in [0.1, 0.15) is 11.1 Å². The summed E-state index contributed by atoms with van der Waals surface area (Å²) in [5.74, 6) is 0.330. The molecule has 1 aliphatic rings. The lowest BCUT2D eigenvalue weighted by atomic mass is 9.99. The third-order valence-corrected chi connectivity index (χ3v) is 6.01. The molecule has 0 unspecified atom stereocenters. The van der Waals surface area contributed by atoms with Gasteiger partial charge in [-0.1, -0.05) is 30.3 Å². The fraction of sp³-hybridized carbons (Fsp3) is 0.111. The maximum absolute atomic E-state index is 13.3. The summed E-state index contributed by atoms with van der Waals surface area (Å²) in [5, 5.41) is 1.37. The summed E-state index contributed by atoms with van der Waals surface area (Å²) in [6, 6.07) is 20.2. The van der Waals surface area contributed by atoms with E-state index in [4.69, 9.17) is 13.6 Å². The number of hydrogen-bond acceptors (Lipinski definition) is 6. The minimum Gasteiger partial charge on any atom is -0.478 e. The summed E-state index contributed by atoms with van der Waals surface area (Å²) < 4.78 is 30.3. The van der Waals surface area contributed by atoms with Gasteiger partial charge in [0.25, 0.3) is 0 Å². The van der Waals surface area contributed by atoms with Crippen LogP contribution in [0.5, 0.6) is 5.75 Å². The van der Waals surface area contributed by atoms with Crippen molar-refractivity contribution in [3.05, 3.63) is 111 Å². The average Bonchev–Trinajstić information content (AvgIpc) is 2.84. The van der Waals surface area contributed by atoms with E-state index in [0.29, 0.717) is 47.7 Å². The normalized spacial score (nSPS) is 13.7. The maximum atomic E-state index is 13.3. The second-order valence-electron chi connectivity index (χ2n) is 8.27. The summed E-state index contributed by atoms with van der Waals surface area (Å²) in [4.78, 5) is 27.4. The minimum absolute atomic E-state index is 0.288. The van der Waals surface area contributed by atoms with Gasteiger partial charge in [-0.15, -0.1) is 0 Å². The lowest BCUT2D eigenvalue weighted by Gasteiger charge is -2.29. The number of hydrogen-bond donors (Lipinski definition) is 0. The molecule has 3 aromatic carbocycles. The Bertz CT molecular complexity index is 1670. The van der Waals surface area contributed by atoms with E-state index >= 15 is 0 Å². The highest BCUT2D eigenvalue weighted by Gasteiger charge is 2.24. The molecule has 3 heterocycles. The van der Waals surface area contributed by atoms with Crippen LogP contribution in [0.15, 0.2) is 91.2 Å². The van der Waals surface area contributed by atoms with E-state index in [0.717, 1.165) is 16.5 Å². The Kier molecular flexibility index (Phi) is 4.78. The van der Waals surface area contributed by atoms with Crippen LogP contribution in [0.3, 0.4) is 0 Å². The molecule has 0 radical (unpaired) electrons. The van der Waals surface area contributed by atoms with E-state index in [1.807, 2.05) is 23.1 Å². The second kappa shape index (κ2) is 7.97. The summed E-state index contributed by atoms with van der Waals surface area (Å²) in [5.41, 5.74) is 2.14. The Morgan fingerprint density at radius 3 is 2.56 bits per heavy atom. The smallest absolute Gasteiger partial charge is 0.344 e. The topological polar surface area (TPSA) is 72.9 Å². The molecule has 7 heteroatoms. The van der Waals surface area contributed by atoms with E-state index in [1.54, 1.807) is 36.4 Å². The monoisotopic (exact) mass is 455 g/mol. The first kappa shape index (κ1) is 20.4. The van der Waals surface area contributed by atoms with Crippen LogP contribution in [0.2, 0.25) is 0 Å². The largest absolute Gasteiger partial charge is 0.478 e. The van der Waals surface area contributed by atoms with E-state index in [-0.39, 0.29) is 11.4 Å². The molecular weight excluding hydrogens is 437 g/mol.